The van der Waals surface area contributed by atoms with Crippen molar-refractivity contribution in [3.05, 3.63) is 80.7 Å². The van der Waals surface area contributed by atoms with Gasteiger partial charge in [0.15, 0.2) is 0 Å². The lowest BCUT2D eigenvalue weighted by Crippen LogP contribution is -2.32. The molecule has 2 heteroatoms. The van der Waals surface area contributed by atoms with E-state index in [1.54, 1.807) is 0 Å². The van der Waals surface area contributed by atoms with Crippen LogP contribution in [-0.4, -0.2) is 21.1 Å². The molecule has 2 nitrogen and oxygen atoms in total. The second kappa shape index (κ2) is 9.79. The van der Waals surface area contributed by atoms with Crippen molar-refractivity contribution in [2.75, 3.05) is 30.9 Å². The highest BCUT2D eigenvalue weighted by Gasteiger charge is 2.06. The standard InChI is InChI=1S/C27H32N2/c1-9-11-12-24-22(5)23(15-18-26(24)28(6)7)14-16-25-21(4)20(3)13-17-27(25)29(8)19-10-2/h9-19H,3-5H2,1-2,6-8H3/b11-9-,16-14-,19-10?,24-12+. The summed E-state index contributed by atoms with van der Waals surface area (Å²) in [6.07, 6.45) is 14.5. The Bertz CT molecular complexity index is 1160. The lowest BCUT2D eigenvalue weighted by molar-refractivity contribution is 1.12. The number of nitrogens with zero attached hydrogens (tertiary/aromatic N) is 2. The van der Waals surface area contributed by atoms with Gasteiger partial charge in [-0.3, -0.25) is 0 Å². The fraction of sp³-hybridized carbons (Fsp3) is 0.185. The molecule has 0 aromatic heterocycles. The smallest absolute Gasteiger partial charge is 0.0483 e. The summed E-state index contributed by atoms with van der Waals surface area (Å²) in [7, 11) is 6.14. The van der Waals surface area contributed by atoms with Crippen LogP contribution in [0.1, 0.15) is 25.0 Å². The molecule has 0 unspecified atom stereocenters. The summed E-state index contributed by atoms with van der Waals surface area (Å²) in [6.45, 7) is 16.8. The molecule has 0 bridgehead atoms. The van der Waals surface area contributed by atoms with Gasteiger partial charge in [-0.25, -0.2) is 0 Å². The second-order valence-corrected chi connectivity index (χ2v) is 7.22. The van der Waals surface area contributed by atoms with Crippen LogP contribution in [0.25, 0.3) is 38.0 Å². The SMILES string of the molecule is C=c1ccc(N(C)C=CC)c(/C=C\c2ccc(N(C)C)/c(=C/C=C\C)c2=C)c1=C. The molecule has 0 radical (unpaired) electrons. The monoisotopic (exact) mass is 384 g/mol. The fourth-order valence-electron chi connectivity index (χ4n) is 3.26. The highest BCUT2D eigenvalue weighted by Crippen LogP contribution is 2.17. The Kier molecular flexibility index (Phi) is 7.44. The summed E-state index contributed by atoms with van der Waals surface area (Å²) in [5, 5.41) is 4.00. The van der Waals surface area contributed by atoms with Crippen molar-refractivity contribution in [1.82, 2.24) is 0 Å². The molecular weight excluding hydrogens is 352 g/mol. The summed E-state index contributed by atoms with van der Waals surface area (Å²) < 4.78 is 0. The minimum absolute atomic E-state index is 0.933. The molecule has 2 aromatic carbocycles. The van der Waals surface area contributed by atoms with E-state index in [2.05, 4.69) is 86.1 Å². The molecule has 0 N–H and O–H groups in total. The first-order valence-corrected chi connectivity index (χ1v) is 9.78. The maximum absolute atomic E-state index is 4.36. The lowest BCUT2D eigenvalue weighted by atomic mass is 10.0. The van der Waals surface area contributed by atoms with E-state index < -0.39 is 0 Å². The van der Waals surface area contributed by atoms with Gasteiger partial charge in [-0.2, -0.15) is 0 Å². The van der Waals surface area contributed by atoms with Crippen LogP contribution in [0.3, 0.4) is 0 Å². The zero-order valence-corrected chi connectivity index (χ0v) is 18.4. The van der Waals surface area contributed by atoms with E-state index in [1.807, 2.05) is 45.3 Å². The third kappa shape index (κ3) is 4.97. The van der Waals surface area contributed by atoms with Crippen LogP contribution in [-0.2, 0) is 0 Å². The molecule has 0 fully saturated rings. The molecule has 0 saturated heterocycles. The Morgan fingerprint density at radius 2 is 1.48 bits per heavy atom. The van der Waals surface area contributed by atoms with Gasteiger partial charge in [0.1, 0.15) is 0 Å². The Morgan fingerprint density at radius 1 is 0.793 bits per heavy atom. The predicted octanol–water partition coefficient (Wildman–Crippen LogP) is 3.48. The number of benzene rings is 2. The molecule has 2 rings (SSSR count). The van der Waals surface area contributed by atoms with Gasteiger partial charge in [0.2, 0.25) is 0 Å². The average Bonchev–Trinajstić information content (AvgIpc) is 2.68. The molecule has 0 atom stereocenters. The fourth-order valence-corrected chi connectivity index (χ4v) is 3.26. The summed E-state index contributed by atoms with van der Waals surface area (Å²) in [5.41, 5.74) is 4.39. The first kappa shape index (κ1) is 22.0. The van der Waals surface area contributed by atoms with Gasteiger partial charge in [-0.1, -0.05) is 68.3 Å². The zero-order valence-electron chi connectivity index (χ0n) is 18.4. The van der Waals surface area contributed by atoms with Crippen molar-refractivity contribution in [2.24, 2.45) is 0 Å². The highest BCUT2D eigenvalue weighted by atomic mass is 15.1. The Morgan fingerprint density at radius 3 is 2.10 bits per heavy atom. The molecule has 2 aromatic rings. The zero-order chi connectivity index (χ0) is 21.6. The minimum atomic E-state index is 0.933. The molecule has 0 amide bonds. The molecule has 0 spiro atoms. The minimum Gasteiger partial charge on any atom is -0.377 e. The first-order chi connectivity index (χ1) is 13.8. The van der Waals surface area contributed by atoms with E-state index in [1.165, 1.54) is 0 Å². The number of hydrogen-bond donors (Lipinski definition) is 0. The molecule has 0 aliphatic heterocycles. The van der Waals surface area contributed by atoms with Crippen LogP contribution in [0.5, 0.6) is 0 Å². The van der Waals surface area contributed by atoms with Crippen LogP contribution >= 0.6 is 0 Å². The maximum atomic E-state index is 4.36. The maximum Gasteiger partial charge on any atom is 0.0483 e. The lowest BCUT2D eigenvalue weighted by Gasteiger charge is -2.18. The van der Waals surface area contributed by atoms with Gasteiger partial charge in [0, 0.05) is 43.3 Å². The number of rotatable bonds is 6. The molecular formula is C27H32N2. The van der Waals surface area contributed by atoms with Crippen molar-refractivity contribution in [3.8, 4) is 0 Å². The third-order valence-corrected chi connectivity index (χ3v) is 4.92. The average molecular weight is 385 g/mol. The summed E-state index contributed by atoms with van der Waals surface area (Å²) >= 11 is 0. The Labute approximate surface area is 175 Å². The van der Waals surface area contributed by atoms with Crippen molar-refractivity contribution in [3.63, 3.8) is 0 Å². The van der Waals surface area contributed by atoms with Gasteiger partial charge in [0.05, 0.1) is 0 Å². The Balaban J connectivity index is 2.67. The van der Waals surface area contributed by atoms with E-state index >= 15 is 0 Å². The predicted molar refractivity (Wildman–Crippen MR) is 134 cm³/mol. The summed E-state index contributed by atoms with van der Waals surface area (Å²) in [4.78, 5) is 4.21. The van der Waals surface area contributed by atoms with Crippen molar-refractivity contribution in [2.45, 2.75) is 13.8 Å². The van der Waals surface area contributed by atoms with Crippen LogP contribution in [0, 0.1) is 0 Å². The third-order valence-electron chi connectivity index (χ3n) is 4.92. The van der Waals surface area contributed by atoms with Gasteiger partial charge in [0.25, 0.3) is 0 Å². The van der Waals surface area contributed by atoms with E-state index in [0.717, 1.165) is 43.4 Å². The largest absolute Gasteiger partial charge is 0.377 e. The molecule has 0 aliphatic carbocycles. The van der Waals surface area contributed by atoms with E-state index in [4.69, 9.17) is 0 Å². The number of anilines is 2. The topological polar surface area (TPSA) is 6.48 Å². The van der Waals surface area contributed by atoms with Crippen molar-refractivity contribution < 1.29 is 0 Å². The quantitative estimate of drug-likeness (QED) is 0.704. The van der Waals surface area contributed by atoms with Crippen LogP contribution < -0.4 is 30.7 Å². The number of allylic oxidation sites excluding steroid dienone is 3. The van der Waals surface area contributed by atoms with Gasteiger partial charge >= 0.3 is 0 Å². The molecule has 150 valence electrons. The van der Waals surface area contributed by atoms with Gasteiger partial charge in [-0.05, 0) is 53.4 Å². The van der Waals surface area contributed by atoms with E-state index in [-0.39, 0.29) is 0 Å². The summed E-state index contributed by atoms with van der Waals surface area (Å²) in [5.74, 6) is 0. The van der Waals surface area contributed by atoms with E-state index in [9.17, 15) is 0 Å². The van der Waals surface area contributed by atoms with E-state index in [0.29, 0.717) is 0 Å². The van der Waals surface area contributed by atoms with Gasteiger partial charge < -0.3 is 9.80 Å². The number of hydrogen-bond acceptors (Lipinski definition) is 2. The van der Waals surface area contributed by atoms with Gasteiger partial charge in [-0.15, -0.1) is 0 Å². The van der Waals surface area contributed by atoms with Crippen LogP contribution in [0.4, 0.5) is 11.4 Å². The molecule has 0 aliphatic rings. The molecule has 0 heterocycles. The van der Waals surface area contributed by atoms with Crippen LogP contribution in [0.2, 0.25) is 0 Å². The molecule has 0 saturated carbocycles. The highest BCUT2D eigenvalue weighted by molar-refractivity contribution is 5.79. The summed E-state index contributed by atoms with van der Waals surface area (Å²) in [6, 6.07) is 8.35. The second-order valence-electron chi connectivity index (χ2n) is 7.22. The molecule has 29 heavy (non-hydrogen) atoms. The van der Waals surface area contributed by atoms with Crippen molar-refractivity contribution >= 4 is 49.3 Å². The Hall–Kier alpha value is -3.26. The first-order valence-electron chi connectivity index (χ1n) is 9.78. The normalized spacial score (nSPS) is 12.5. The van der Waals surface area contributed by atoms with Crippen LogP contribution in [0.15, 0.2) is 48.7 Å². The van der Waals surface area contributed by atoms with Crippen molar-refractivity contribution in [1.29, 1.82) is 0 Å².